The van der Waals surface area contributed by atoms with Gasteiger partial charge in [0.05, 0.1) is 0 Å². The highest BCUT2D eigenvalue weighted by Crippen LogP contribution is 2.28. The maximum atomic E-state index is 11.3. The highest BCUT2D eigenvalue weighted by Gasteiger charge is 2.21. The number of fused-ring (bicyclic) bond motifs is 1. The average Bonchev–Trinajstić information content (AvgIpc) is 2.70. The van der Waals surface area contributed by atoms with Gasteiger partial charge in [-0.1, -0.05) is 12.1 Å². The van der Waals surface area contributed by atoms with Crippen LogP contribution in [0.25, 0.3) is 11.0 Å². The van der Waals surface area contributed by atoms with Crippen molar-refractivity contribution in [3.63, 3.8) is 0 Å². The molecular formula is C13H14O4. The fourth-order valence-corrected chi connectivity index (χ4v) is 1.60. The number of hydrogen-bond acceptors (Lipinski definition) is 4. The first-order chi connectivity index (χ1) is 7.91. The Balaban J connectivity index is 2.52. The molecule has 0 radical (unpaired) electrons. The average molecular weight is 234 g/mol. The minimum Gasteiger partial charge on any atom is -0.458 e. The number of carbonyl (C=O) groups excluding carboxylic acids is 1. The number of ketones is 1. The van der Waals surface area contributed by atoms with E-state index in [9.17, 15) is 9.90 Å². The molecule has 90 valence electrons. The van der Waals surface area contributed by atoms with E-state index in [-0.39, 0.29) is 5.78 Å². The van der Waals surface area contributed by atoms with Crippen LogP contribution in [-0.2, 0) is 5.60 Å². The van der Waals surface area contributed by atoms with Crippen LogP contribution in [0, 0.1) is 0 Å². The van der Waals surface area contributed by atoms with Crippen molar-refractivity contribution in [2.45, 2.75) is 19.4 Å². The van der Waals surface area contributed by atoms with E-state index >= 15 is 0 Å². The Morgan fingerprint density at radius 3 is 2.65 bits per heavy atom. The van der Waals surface area contributed by atoms with Gasteiger partial charge in [-0.05, 0) is 26.0 Å². The van der Waals surface area contributed by atoms with Crippen LogP contribution in [0.15, 0.2) is 28.7 Å². The molecule has 0 atom stereocenters. The molecule has 17 heavy (non-hydrogen) atoms. The van der Waals surface area contributed by atoms with Gasteiger partial charge in [0.1, 0.15) is 23.6 Å². The summed E-state index contributed by atoms with van der Waals surface area (Å²) in [5.74, 6) is 0.0919. The van der Waals surface area contributed by atoms with Gasteiger partial charge >= 0.3 is 0 Å². The molecule has 0 fully saturated rings. The molecule has 2 rings (SSSR count). The lowest BCUT2D eigenvalue weighted by Gasteiger charge is -2.12. The van der Waals surface area contributed by atoms with E-state index in [4.69, 9.17) is 9.52 Å². The molecule has 2 aromatic rings. The molecule has 0 saturated heterocycles. The van der Waals surface area contributed by atoms with Crippen LogP contribution in [0.1, 0.15) is 30.0 Å². The molecule has 0 aliphatic heterocycles. The van der Waals surface area contributed by atoms with Gasteiger partial charge in [0.15, 0.2) is 5.78 Å². The summed E-state index contributed by atoms with van der Waals surface area (Å²) in [6, 6.07) is 6.67. The standard InChI is InChI=1S/C13H14O4/c1-13(2,16)12-6-9-4-3-8(10(15)7-14)5-11(9)17-12/h3-6,14,16H,7H2,1-2H3. The van der Waals surface area contributed by atoms with Crippen molar-refractivity contribution in [3.8, 4) is 0 Å². The first-order valence-electron chi connectivity index (χ1n) is 5.32. The van der Waals surface area contributed by atoms with Crippen LogP contribution in [0.5, 0.6) is 0 Å². The number of carbonyl (C=O) groups is 1. The molecule has 2 N–H and O–H groups in total. The van der Waals surface area contributed by atoms with Crippen LogP contribution < -0.4 is 0 Å². The zero-order valence-corrected chi connectivity index (χ0v) is 9.73. The van der Waals surface area contributed by atoms with E-state index in [0.29, 0.717) is 16.9 Å². The van der Waals surface area contributed by atoms with Gasteiger partial charge in [-0.25, -0.2) is 0 Å². The van der Waals surface area contributed by atoms with Gasteiger partial charge in [0.2, 0.25) is 0 Å². The van der Waals surface area contributed by atoms with Gasteiger partial charge in [-0.3, -0.25) is 4.79 Å². The summed E-state index contributed by atoms with van der Waals surface area (Å²) in [6.45, 7) is 2.74. The molecule has 0 bridgehead atoms. The first-order valence-corrected chi connectivity index (χ1v) is 5.32. The summed E-state index contributed by atoms with van der Waals surface area (Å²) in [5.41, 5.74) is -0.127. The SMILES string of the molecule is CC(C)(O)c1cc2ccc(C(=O)CO)cc2o1. The van der Waals surface area contributed by atoms with E-state index in [1.807, 2.05) is 0 Å². The Kier molecular flexibility index (Phi) is 2.77. The normalized spacial score (nSPS) is 12.0. The van der Waals surface area contributed by atoms with Crippen molar-refractivity contribution < 1.29 is 19.4 Å². The van der Waals surface area contributed by atoms with Crippen molar-refractivity contribution >= 4 is 16.8 Å². The van der Waals surface area contributed by atoms with Crippen LogP contribution in [0.4, 0.5) is 0 Å². The van der Waals surface area contributed by atoms with Gasteiger partial charge < -0.3 is 14.6 Å². The quantitative estimate of drug-likeness (QED) is 0.795. The van der Waals surface area contributed by atoms with E-state index in [1.54, 1.807) is 38.1 Å². The Labute approximate surface area is 98.5 Å². The van der Waals surface area contributed by atoms with E-state index in [2.05, 4.69) is 0 Å². The second-order valence-corrected chi connectivity index (χ2v) is 4.50. The largest absolute Gasteiger partial charge is 0.458 e. The number of rotatable bonds is 3. The smallest absolute Gasteiger partial charge is 0.188 e. The number of aliphatic hydroxyl groups excluding tert-OH is 1. The summed E-state index contributed by atoms with van der Waals surface area (Å²) in [7, 11) is 0. The number of furan rings is 1. The molecule has 4 nitrogen and oxygen atoms in total. The molecule has 0 unspecified atom stereocenters. The topological polar surface area (TPSA) is 70.7 Å². The minimum absolute atomic E-state index is 0.354. The predicted molar refractivity (Wildman–Crippen MR) is 62.9 cm³/mol. The summed E-state index contributed by atoms with van der Waals surface area (Å²) in [6.07, 6.45) is 0. The maximum absolute atomic E-state index is 11.3. The molecule has 0 spiro atoms. The van der Waals surface area contributed by atoms with Crippen LogP contribution >= 0.6 is 0 Å². The summed E-state index contributed by atoms with van der Waals surface area (Å²) >= 11 is 0. The third-order valence-electron chi connectivity index (χ3n) is 2.59. The highest BCUT2D eigenvalue weighted by molar-refractivity contribution is 5.99. The van der Waals surface area contributed by atoms with E-state index in [0.717, 1.165) is 5.39 Å². The van der Waals surface area contributed by atoms with Crippen molar-refractivity contribution in [1.82, 2.24) is 0 Å². The second-order valence-electron chi connectivity index (χ2n) is 4.50. The van der Waals surface area contributed by atoms with Crippen molar-refractivity contribution in [1.29, 1.82) is 0 Å². The Morgan fingerprint density at radius 2 is 2.06 bits per heavy atom. The molecule has 0 amide bonds. The van der Waals surface area contributed by atoms with Crippen LogP contribution in [0.2, 0.25) is 0 Å². The lowest BCUT2D eigenvalue weighted by atomic mass is 10.1. The van der Waals surface area contributed by atoms with Gasteiger partial charge in [0.25, 0.3) is 0 Å². The van der Waals surface area contributed by atoms with E-state index < -0.39 is 12.2 Å². The van der Waals surface area contributed by atoms with Gasteiger partial charge in [-0.2, -0.15) is 0 Å². The van der Waals surface area contributed by atoms with Crippen LogP contribution in [0.3, 0.4) is 0 Å². The monoisotopic (exact) mass is 234 g/mol. The third kappa shape index (κ3) is 2.23. The highest BCUT2D eigenvalue weighted by atomic mass is 16.4. The number of hydrogen-bond donors (Lipinski definition) is 2. The van der Waals surface area contributed by atoms with Crippen molar-refractivity contribution in [2.24, 2.45) is 0 Å². The molecule has 1 aromatic heterocycles. The first kappa shape index (κ1) is 11.8. The number of benzene rings is 1. The minimum atomic E-state index is -1.06. The fraction of sp³-hybridized carbons (Fsp3) is 0.308. The maximum Gasteiger partial charge on any atom is 0.188 e. The molecule has 1 aromatic carbocycles. The van der Waals surface area contributed by atoms with Gasteiger partial charge in [-0.15, -0.1) is 0 Å². The number of aliphatic hydroxyl groups is 2. The summed E-state index contributed by atoms with van der Waals surface area (Å²) in [4.78, 5) is 11.3. The molecular weight excluding hydrogens is 220 g/mol. The Morgan fingerprint density at radius 1 is 1.35 bits per heavy atom. The predicted octanol–water partition coefficient (Wildman–Crippen LogP) is 1.84. The van der Waals surface area contributed by atoms with Crippen LogP contribution in [-0.4, -0.2) is 22.6 Å². The molecule has 1 heterocycles. The molecule has 0 aliphatic carbocycles. The lowest BCUT2D eigenvalue weighted by Crippen LogP contribution is -2.13. The fourth-order valence-electron chi connectivity index (χ4n) is 1.60. The lowest BCUT2D eigenvalue weighted by molar-refractivity contribution is 0.0559. The molecule has 0 saturated carbocycles. The second kappa shape index (κ2) is 3.98. The summed E-state index contributed by atoms with van der Waals surface area (Å²) < 4.78 is 5.48. The zero-order valence-electron chi connectivity index (χ0n) is 9.73. The molecule has 0 aliphatic rings. The molecule has 4 heteroatoms. The zero-order chi connectivity index (χ0) is 12.6. The third-order valence-corrected chi connectivity index (χ3v) is 2.59. The van der Waals surface area contributed by atoms with E-state index in [1.165, 1.54) is 0 Å². The van der Waals surface area contributed by atoms with Crippen molar-refractivity contribution in [2.75, 3.05) is 6.61 Å². The van der Waals surface area contributed by atoms with Crippen molar-refractivity contribution in [3.05, 3.63) is 35.6 Å². The Hall–Kier alpha value is -1.65. The summed E-state index contributed by atoms with van der Waals surface area (Å²) in [5, 5.41) is 19.4. The number of Topliss-reactive ketones (excluding diaryl/α,β-unsaturated/α-hetero) is 1. The Bertz CT molecular complexity index is 560. The van der Waals surface area contributed by atoms with Gasteiger partial charge in [0, 0.05) is 10.9 Å².